The largest absolute Gasteiger partial charge is 0.494 e. The molecule has 4 rings (SSSR count). The quantitative estimate of drug-likeness (QED) is 0.464. The van der Waals surface area contributed by atoms with E-state index in [0.29, 0.717) is 31.3 Å². The van der Waals surface area contributed by atoms with Gasteiger partial charge >= 0.3 is 0 Å². The molecule has 2 atom stereocenters. The zero-order chi connectivity index (χ0) is 21.3. The lowest BCUT2D eigenvalue weighted by atomic mass is 9.61. The highest BCUT2D eigenvalue weighted by Gasteiger charge is 2.49. The number of unbranched alkanes of at least 4 members (excludes halogenated alkanes) is 1. The van der Waals surface area contributed by atoms with E-state index in [1.165, 1.54) is 27.8 Å². The van der Waals surface area contributed by atoms with Crippen LogP contribution in [0.2, 0.25) is 0 Å². The first kappa shape index (κ1) is 21.2. The van der Waals surface area contributed by atoms with Crippen LogP contribution in [-0.2, 0) is 4.79 Å². The third kappa shape index (κ3) is 3.31. The highest BCUT2D eigenvalue weighted by Crippen LogP contribution is 2.59. The second-order valence-corrected chi connectivity index (χ2v) is 8.95. The predicted molar refractivity (Wildman–Crippen MR) is 122 cm³/mol. The van der Waals surface area contributed by atoms with E-state index in [2.05, 4.69) is 32.1 Å². The minimum absolute atomic E-state index is 0.221. The number of hydrogen-bond donors (Lipinski definition) is 0. The number of ketones is 1. The van der Waals surface area contributed by atoms with E-state index in [-0.39, 0.29) is 5.41 Å². The Labute approximate surface area is 181 Å². The first-order chi connectivity index (χ1) is 14.6. The van der Waals surface area contributed by atoms with E-state index in [0.717, 1.165) is 56.4 Å². The lowest BCUT2D eigenvalue weighted by molar-refractivity contribution is -0.125. The second-order valence-electron chi connectivity index (χ2n) is 8.95. The number of allylic oxidation sites excluding steroid dienone is 4. The van der Waals surface area contributed by atoms with Gasteiger partial charge in [0.05, 0.1) is 18.6 Å². The predicted octanol–water partition coefficient (Wildman–Crippen LogP) is 7.00. The summed E-state index contributed by atoms with van der Waals surface area (Å²) in [5, 5.41) is 0. The topological polar surface area (TPSA) is 35.5 Å². The fourth-order valence-corrected chi connectivity index (χ4v) is 5.96. The summed E-state index contributed by atoms with van der Waals surface area (Å²) in [6.45, 7) is 9.87. The third-order valence-electron chi connectivity index (χ3n) is 7.39. The maximum Gasteiger partial charge on any atom is 0.147 e. The maximum atomic E-state index is 13.1. The molecule has 0 saturated heterocycles. The Balaban J connectivity index is 1.87. The average molecular weight is 409 g/mol. The fraction of sp³-hybridized carbons (Fsp3) is 0.593. The number of carbonyl (C=O) groups is 1. The van der Waals surface area contributed by atoms with Gasteiger partial charge in [0.25, 0.3) is 0 Å². The average Bonchev–Trinajstić information content (AvgIpc) is 3.08. The molecule has 3 heteroatoms. The molecule has 0 aliphatic heterocycles. The van der Waals surface area contributed by atoms with E-state index in [1.807, 2.05) is 13.8 Å². The van der Waals surface area contributed by atoms with Gasteiger partial charge in [-0.05, 0) is 80.2 Å². The Kier molecular flexibility index (Phi) is 6.09. The molecule has 162 valence electrons. The molecule has 3 nitrogen and oxygen atoms in total. The Morgan fingerprint density at radius 1 is 1.07 bits per heavy atom. The number of Topliss-reactive ketones (excluding diaryl/α,β-unsaturated/α-hetero) is 1. The Morgan fingerprint density at radius 2 is 1.87 bits per heavy atom. The molecule has 0 aromatic heterocycles. The van der Waals surface area contributed by atoms with Gasteiger partial charge in [-0.3, -0.25) is 4.79 Å². The Hall–Kier alpha value is -2.03. The first-order valence-electron chi connectivity index (χ1n) is 12.0. The summed E-state index contributed by atoms with van der Waals surface area (Å²) < 4.78 is 12.0. The van der Waals surface area contributed by atoms with Crippen LogP contribution in [0.4, 0.5) is 0 Å². The summed E-state index contributed by atoms with van der Waals surface area (Å²) in [6, 6.07) is 4.31. The second kappa shape index (κ2) is 8.61. The van der Waals surface area contributed by atoms with Crippen LogP contribution >= 0.6 is 0 Å². The van der Waals surface area contributed by atoms with Crippen molar-refractivity contribution in [2.45, 2.75) is 85.0 Å². The molecule has 0 radical (unpaired) electrons. The molecule has 1 aromatic rings. The lowest BCUT2D eigenvalue weighted by Crippen LogP contribution is -2.34. The standard InChI is InChI=1S/C27H36O3/c1-5-9-13-27-14-12-20-22(23(27)10-11-25(27)28)15-18(6-2)21-16-19(29-7-3)17-24(26(20)21)30-8-4/h10,16-18H,5-9,11-15H2,1-4H3/t18?,27-/m0/s1. The molecule has 0 fully saturated rings. The molecule has 30 heavy (non-hydrogen) atoms. The van der Waals surface area contributed by atoms with Gasteiger partial charge in [-0.2, -0.15) is 0 Å². The number of fused-ring (bicyclic) bond motifs is 4. The molecular weight excluding hydrogens is 372 g/mol. The molecule has 0 heterocycles. The van der Waals surface area contributed by atoms with Crippen molar-refractivity contribution in [2.75, 3.05) is 13.2 Å². The van der Waals surface area contributed by atoms with Crippen molar-refractivity contribution in [3.63, 3.8) is 0 Å². The van der Waals surface area contributed by atoms with Crippen molar-refractivity contribution in [3.8, 4) is 11.5 Å². The minimum atomic E-state index is -0.221. The number of benzene rings is 1. The van der Waals surface area contributed by atoms with E-state index >= 15 is 0 Å². The smallest absolute Gasteiger partial charge is 0.147 e. The van der Waals surface area contributed by atoms with E-state index in [4.69, 9.17) is 9.47 Å². The summed E-state index contributed by atoms with van der Waals surface area (Å²) in [4.78, 5) is 13.1. The highest BCUT2D eigenvalue weighted by atomic mass is 16.5. The van der Waals surface area contributed by atoms with Crippen LogP contribution in [0.25, 0.3) is 5.57 Å². The zero-order valence-electron chi connectivity index (χ0n) is 19.1. The zero-order valence-corrected chi connectivity index (χ0v) is 19.1. The van der Waals surface area contributed by atoms with E-state index in [9.17, 15) is 4.79 Å². The van der Waals surface area contributed by atoms with Crippen molar-refractivity contribution in [2.24, 2.45) is 5.41 Å². The summed E-state index contributed by atoms with van der Waals surface area (Å²) in [7, 11) is 0. The molecule has 0 saturated carbocycles. The van der Waals surface area contributed by atoms with Crippen LogP contribution in [0.15, 0.2) is 29.4 Å². The number of ether oxygens (including phenoxy) is 2. The number of carbonyl (C=O) groups excluding carboxylic acids is 1. The molecule has 0 amide bonds. The van der Waals surface area contributed by atoms with Gasteiger partial charge in [-0.25, -0.2) is 0 Å². The normalized spacial score (nSPS) is 24.9. The van der Waals surface area contributed by atoms with Gasteiger partial charge in [-0.1, -0.05) is 32.8 Å². The molecular formula is C27H36O3. The van der Waals surface area contributed by atoms with Crippen molar-refractivity contribution in [1.29, 1.82) is 0 Å². The molecule has 0 bridgehead atoms. The molecule has 0 spiro atoms. The SMILES string of the molecule is CCCC[C@]12CCC3=C(CC(CC)c4cc(OCC)cc(OCC)c43)C1=CCC2=O. The summed E-state index contributed by atoms with van der Waals surface area (Å²) >= 11 is 0. The Morgan fingerprint density at radius 3 is 2.57 bits per heavy atom. The fourth-order valence-electron chi connectivity index (χ4n) is 5.96. The summed E-state index contributed by atoms with van der Waals surface area (Å²) in [5.74, 6) is 2.76. The lowest BCUT2D eigenvalue weighted by Gasteiger charge is -2.42. The van der Waals surface area contributed by atoms with Gasteiger partial charge in [0, 0.05) is 18.1 Å². The van der Waals surface area contributed by atoms with Crippen LogP contribution in [0.3, 0.4) is 0 Å². The molecule has 3 aliphatic rings. The maximum absolute atomic E-state index is 13.1. The van der Waals surface area contributed by atoms with E-state index < -0.39 is 0 Å². The molecule has 3 aliphatic carbocycles. The van der Waals surface area contributed by atoms with Gasteiger partial charge in [-0.15, -0.1) is 0 Å². The van der Waals surface area contributed by atoms with Crippen molar-refractivity contribution >= 4 is 11.4 Å². The number of rotatable bonds is 8. The highest BCUT2D eigenvalue weighted by molar-refractivity contribution is 5.97. The van der Waals surface area contributed by atoms with Gasteiger partial charge in [0.15, 0.2) is 0 Å². The van der Waals surface area contributed by atoms with Crippen LogP contribution < -0.4 is 9.47 Å². The van der Waals surface area contributed by atoms with Gasteiger partial charge in [0.1, 0.15) is 17.3 Å². The Bertz CT molecular complexity index is 892. The molecule has 0 N–H and O–H groups in total. The van der Waals surface area contributed by atoms with Crippen LogP contribution in [-0.4, -0.2) is 19.0 Å². The van der Waals surface area contributed by atoms with Crippen molar-refractivity contribution in [3.05, 3.63) is 40.5 Å². The monoisotopic (exact) mass is 408 g/mol. The molecule has 1 unspecified atom stereocenters. The summed E-state index contributed by atoms with van der Waals surface area (Å²) in [5.41, 5.74) is 6.68. The van der Waals surface area contributed by atoms with Crippen molar-refractivity contribution in [1.82, 2.24) is 0 Å². The molecule has 1 aromatic carbocycles. The number of hydrogen-bond acceptors (Lipinski definition) is 3. The van der Waals surface area contributed by atoms with Gasteiger partial charge < -0.3 is 9.47 Å². The summed E-state index contributed by atoms with van der Waals surface area (Å²) in [6.07, 6.45) is 10.2. The minimum Gasteiger partial charge on any atom is -0.494 e. The van der Waals surface area contributed by atoms with Crippen molar-refractivity contribution < 1.29 is 14.3 Å². The first-order valence-corrected chi connectivity index (χ1v) is 12.0. The van der Waals surface area contributed by atoms with Crippen LogP contribution in [0, 0.1) is 5.41 Å². The third-order valence-corrected chi connectivity index (χ3v) is 7.39. The van der Waals surface area contributed by atoms with Gasteiger partial charge in [0.2, 0.25) is 0 Å². The van der Waals surface area contributed by atoms with E-state index in [1.54, 1.807) is 0 Å². The van der Waals surface area contributed by atoms with Crippen LogP contribution in [0.5, 0.6) is 11.5 Å². The van der Waals surface area contributed by atoms with Crippen LogP contribution in [0.1, 0.15) is 96.1 Å².